The number of aromatic carboxylic acids is 1. The van der Waals surface area contributed by atoms with Crippen LogP contribution in [0.15, 0.2) is 24.8 Å². The van der Waals surface area contributed by atoms with Crippen LogP contribution >= 0.6 is 11.6 Å². The van der Waals surface area contributed by atoms with Crippen molar-refractivity contribution in [3.8, 4) is 0 Å². The first-order chi connectivity index (χ1) is 8.45. The van der Waals surface area contributed by atoms with Crippen LogP contribution in [0.4, 0.5) is 14.9 Å². The number of anilines is 1. The Balaban J connectivity index is 2.98. The fraction of sp³-hybridized carbons (Fsp3) is 0.0909. The minimum Gasteiger partial charge on any atom is -0.478 e. The lowest BCUT2D eigenvalue weighted by atomic mass is 10.2. The van der Waals surface area contributed by atoms with Crippen molar-refractivity contribution in [2.45, 2.75) is 0 Å². The smallest absolute Gasteiger partial charge is 0.412 e. The lowest BCUT2D eigenvalue weighted by molar-refractivity contribution is 0.0692. The average molecular weight is 274 g/mol. The Morgan fingerprint density at radius 2 is 2.22 bits per heavy atom. The highest BCUT2D eigenvalue weighted by Crippen LogP contribution is 2.24. The van der Waals surface area contributed by atoms with Crippen molar-refractivity contribution in [1.82, 2.24) is 0 Å². The second-order valence-corrected chi connectivity index (χ2v) is 3.57. The van der Waals surface area contributed by atoms with Crippen LogP contribution in [0, 0.1) is 5.82 Å². The van der Waals surface area contributed by atoms with E-state index in [9.17, 15) is 14.0 Å². The van der Waals surface area contributed by atoms with Crippen molar-refractivity contribution in [3.05, 3.63) is 41.2 Å². The van der Waals surface area contributed by atoms with E-state index in [1.165, 1.54) is 6.08 Å². The summed E-state index contributed by atoms with van der Waals surface area (Å²) in [6.07, 6.45) is 0.392. The molecule has 2 N–H and O–H groups in total. The quantitative estimate of drug-likeness (QED) is 0.827. The summed E-state index contributed by atoms with van der Waals surface area (Å²) >= 11 is 5.62. The Morgan fingerprint density at radius 1 is 1.56 bits per heavy atom. The Hall–Kier alpha value is -2.08. The number of benzene rings is 1. The molecule has 1 amide bonds. The van der Waals surface area contributed by atoms with Crippen molar-refractivity contribution in [2.75, 3.05) is 11.9 Å². The van der Waals surface area contributed by atoms with Gasteiger partial charge in [-0.25, -0.2) is 14.0 Å². The maximum Gasteiger partial charge on any atom is 0.412 e. The van der Waals surface area contributed by atoms with Crippen LogP contribution in [-0.4, -0.2) is 23.8 Å². The van der Waals surface area contributed by atoms with Crippen molar-refractivity contribution in [2.24, 2.45) is 0 Å². The third kappa shape index (κ3) is 3.46. The SMILES string of the molecule is C=CCOC(=O)Nc1cc(Cl)cc(C(=O)O)c1F. The minimum atomic E-state index is -1.49. The molecular weight excluding hydrogens is 265 g/mol. The third-order valence-electron chi connectivity index (χ3n) is 1.84. The number of carbonyl (C=O) groups is 2. The number of amides is 1. The van der Waals surface area contributed by atoms with Gasteiger partial charge in [0, 0.05) is 5.02 Å². The summed E-state index contributed by atoms with van der Waals surface area (Å²) in [5.41, 5.74) is -1.00. The molecule has 0 saturated carbocycles. The van der Waals surface area contributed by atoms with Gasteiger partial charge in [-0.2, -0.15) is 0 Å². The molecule has 0 heterocycles. The highest BCUT2D eigenvalue weighted by Gasteiger charge is 2.17. The molecule has 1 rings (SSSR count). The summed E-state index contributed by atoms with van der Waals surface area (Å²) in [5, 5.41) is 10.8. The van der Waals surface area contributed by atoms with Crippen LogP contribution < -0.4 is 5.32 Å². The zero-order valence-electron chi connectivity index (χ0n) is 9.07. The number of ether oxygens (including phenoxy) is 1. The van der Waals surface area contributed by atoms with E-state index in [-0.39, 0.29) is 17.3 Å². The normalized spacial score (nSPS) is 9.67. The molecule has 0 atom stereocenters. The lowest BCUT2D eigenvalue weighted by Gasteiger charge is -2.08. The highest BCUT2D eigenvalue weighted by atomic mass is 35.5. The van der Waals surface area contributed by atoms with E-state index in [2.05, 4.69) is 11.3 Å². The van der Waals surface area contributed by atoms with Crippen molar-refractivity contribution in [3.63, 3.8) is 0 Å². The summed E-state index contributed by atoms with van der Waals surface area (Å²) in [6.45, 7) is 3.28. The molecule has 0 aliphatic heterocycles. The van der Waals surface area contributed by atoms with Gasteiger partial charge in [0.2, 0.25) is 0 Å². The average Bonchev–Trinajstić information content (AvgIpc) is 2.30. The number of carboxylic acids is 1. The van der Waals surface area contributed by atoms with E-state index < -0.39 is 23.4 Å². The molecule has 0 aliphatic carbocycles. The highest BCUT2D eigenvalue weighted by molar-refractivity contribution is 6.31. The van der Waals surface area contributed by atoms with E-state index in [4.69, 9.17) is 16.7 Å². The summed E-state index contributed by atoms with van der Waals surface area (Å²) in [7, 11) is 0. The molecule has 0 radical (unpaired) electrons. The maximum absolute atomic E-state index is 13.7. The first-order valence-electron chi connectivity index (χ1n) is 4.72. The molecule has 0 aromatic heterocycles. The van der Waals surface area contributed by atoms with Gasteiger partial charge in [-0.15, -0.1) is 0 Å². The number of hydrogen-bond donors (Lipinski definition) is 2. The zero-order chi connectivity index (χ0) is 13.7. The second-order valence-electron chi connectivity index (χ2n) is 3.13. The molecular formula is C11H9ClFNO4. The van der Waals surface area contributed by atoms with E-state index in [0.29, 0.717) is 0 Å². The molecule has 0 spiro atoms. The predicted molar refractivity (Wildman–Crippen MR) is 63.5 cm³/mol. The van der Waals surface area contributed by atoms with E-state index in [1.807, 2.05) is 5.32 Å². The van der Waals surface area contributed by atoms with Crippen molar-refractivity contribution in [1.29, 1.82) is 0 Å². The number of carbonyl (C=O) groups excluding carboxylic acids is 1. The predicted octanol–water partition coefficient (Wildman–Crippen LogP) is 2.91. The molecule has 7 heteroatoms. The number of nitrogens with one attached hydrogen (secondary N) is 1. The van der Waals surface area contributed by atoms with Gasteiger partial charge in [-0.05, 0) is 12.1 Å². The maximum atomic E-state index is 13.7. The molecule has 0 bridgehead atoms. The lowest BCUT2D eigenvalue weighted by Crippen LogP contribution is -2.16. The Labute approximate surface area is 107 Å². The van der Waals surface area contributed by atoms with Gasteiger partial charge in [0.05, 0.1) is 11.3 Å². The number of carboxylic acid groups (broad SMARTS) is 1. The van der Waals surface area contributed by atoms with Crippen LogP contribution in [0.2, 0.25) is 5.02 Å². The van der Waals surface area contributed by atoms with Crippen molar-refractivity contribution < 1.29 is 23.8 Å². The standard InChI is InChI=1S/C11H9ClFNO4/c1-2-3-18-11(17)14-8-5-6(12)4-7(9(8)13)10(15)16/h2,4-5H,1,3H2,(H,14,17)(H,15,16). The zero-order valence-corrected chi connectivity index (χ0v) is 9.83. The third-order valence-corrected chi connectivity index (χ3v) is 2.06. The van der Waals surface area contributed by atoms with E-state index in [0.717, 1.165) is 12.1 Å². The fourth-order valence-corrected chi connectivity index (χ4v) is 1.33. The van der Waals surface area contributed by atoms with Crippen LogP contribution in [0.3, 0.4) is 0 Å². The van der Waals surface area contributed by atoms with Gasteiger partial charge in [0.1, 0.15) is 6.61 Å². The molecule has 1 aromatic carbocycles. The largest absolute Gasteiger partial charge is 0.478 e. The van der Waals surface area contributed by atoms with Gasteiger partial charge in [0.25, 0.3) is 0 Å². The number of halogens is 2. The topological polar surface area (TPSA) is 75.6 Å². The first-order valence-corrected chi connectivity index (χ1v) is 5.10. The number of rotatable bonds is 4. The molecule has 5 nitrogen and oxygen atoms in total. The minimum absolute atomic E-state index is 0.0205. The van der Waals surface area contributed by atoms with Gasteiger partial charge >= 0.3 is 12.1 Å². The molecule has 0 fully saturated rings. The Morgan fingerprint density at radius 3 is 2.78 bits per heavy atom. The summed E-state index contributed by atoms with van der Waals surface area (Å²) in [6, 6.07) is 2.03. The Kier molecular flexibility index (Phi) is 4.67. The van der Waals surface area contributed by atoms with Crippen molar-refractivity contribution >= 4 is 29.4 Å². The van der Waals surface area contributed by atoms with Gasteiger partial charge < -0.3 is 9.84 Å². The van der Waals surface area contributed by atoms with Crippen LogP contribution in [0.5, 0.6) is 0 Å². The van der Waals surface area contributed by atoms with Crippen LogP contribution in [0.1, 0.15) is 10.4 Å². The molecule has 0 unspecified atom stereocenters. The summed E-state index contributed by atoms with van der Waals surface area (Å²) in [5.74, 6) is -2.58. The van der Waals surface area contributed by atoms with Crippen LogP contribution in [0.25, 0.3) is 0 Å². The Bertz CT molecular complexity index is 504. The molecule has 1 aromatic rings. The molecule has 18 heavy (non-hydrogen) atoms. The van der Waals surface area contributed by atoms with E-state index >= 15 is 0 Å². The number of hydrogen-bond acceptors (Lipinski definition) is 3. The van der Waals surface area contributed by atoms with E-state index in [1.54, 1.807) is 0 Å². The van der Waals surface area contributed by atoms with Gasteiger partial charge in [-0.1, -0.05) is 24.3 Å². The summed E-state index contributed by atoms with van der Waals surface area (Å²) in [4.78, 5) is 21.9. The molecule has 0 saturated heterocycles. The molecule has 0 aliphatic rings. The van der Waals surface area contributed by atoms with Gasteiger partial charge in [-0.3, -0.25) is 5.32 Å². The first kappa shape index (κ1) is 14.0. The molecule has 96 valence electrons. The van der Waals surface area contributed by atoms with Gasteiger partial charge in [0.15, 0.2) is 5.82 Å². The second kappa shape index (κ2) is 6.02. The summed E-state index contributed by atoms with van der Waals surface area (Å²) < 4.78 is 18.2. The van der Waals surface area contributed by atoms with Crippen LogP contribution in [-0.2, 0) is 4.74 Å². The fourth-order valence-electron chi connectivity index (χ4n) is 1.12. The monoisotopic (exact) mass is 273 g/mol.